The van der Waals surface area contributed by atoms with Gasteiger partial charge < -0.3 is 20.9 Å². The minimum Gasteiger partial charge on any atom is -0.478 e. The number of benzene rings is 1. The molecule has 1 amide bonds. The first-order valence-electron chi connectivity index (χ1n) is 5.44. The third kappa shape index (κ3) is 4.42. The average Bonchev–Trinajstić information content (AvgIpc) is 2.29. The summed E-state index contributed by atoms with van der Waals surface area (Å²) in [6.07, 6.45) is 0. The predicted molar refractivity (Wildman–Crippen MR) is 66.6 cm³/mol. The summed E-state index contributed by atoms with van der Waals surface area (Å²) in [5.74, 6) is -1.45. The molecule has 4 N–H and O–H groups in total. The molecule has 0 aliphatic carbocycles. The summed E-state index contributed by atoms with van der Waals surface area (Å²) in [6.45, 7) is 2.58. The quantitative estimate of drug-likeness (QED) is 0.617. The van der Waals surface area contributed by atoms with Gasteiger partial charge in [0.25, 0.3) is 0 Å². The van der Waals surface area contributed by atoms with Crippen molar-refractivity contribution in [3.05, 3.63) is 29.3 Å². The van der Waals surface area contributed by atoms with Crippen LogP contribution in [-0.2, 0) is 9.53 Å². The van der Waals surface area contributed by atoms with E-state index >= 15 is 0 Å². The van der Waals surface area contributed by atoms with Gasteiger partial charge in [-0.15, -0.1) is 0 Å². The topological polar surface area (TPSA) is 102 Å². The van der Waals surface area contributed by atoms with Crippen LogP contribution in [0.5, 0.6) is 0 Å². The van der Waals surface area contributed by atoms with E-state index in [1.807, 2.05) is 6.92 Å². The molecule has 0 heterocycles. The van der Waals surface area contributed by atoms with Gasteiger partial charge in [0.2, 0.25) is 5.91 Å². The monoisotopic (exact) mass is 252 g/mol. The number of carboxylic acids is 1. The number of primary amides is 1. The number of nitrogens with two attached hydrogens (primary N) is 1. The van der Waals surface area contributed by atoms with E-state index in [1.165, 1.54) is 6.07 Å². The molecule has 1 rings (SSSR count). The lowest BCUT2D eigenvalue weighted by Gasteiger charge is -2.10. The Hall–Kier alpha value is -2.08. The van der Waals surface area contributed by atoms with Crippen LogP contribution in [0, 0.1) is 6.92 Å². The van der Waals surface area contributed by atoms with Crippen LogP contribution in [0.4, 0.5) is 5.69 Å². The molecule has 0 bridgehead atoms. The molecule has 0 radical (unpaired) electrons. The summed E-state index contributed by atoms with van der Waals surface area (Å²) in [5.41, 5.74) is 6.84. The number of nitrogens with one attached hydrogen (secondary N) is 1. The van der Waals surface area contributed by atoms with Crippen LogP contribution in [0.25, 0.3) is 0 Å². The Balaban J connectivity index is 2.43. The van der Waals surface area contributed by atoms with Crippen molar-refractivity contribution < 1.29 is 19.4 Å². The second kappa shape index (κ2) is 6.61. The molecule has 0 fully saturated rings. The minimum absolute atomic E-state index is 0.0986. The van der Waals surface area contributed by atoms with Gasteiger partial charge in [0.05, 0.1) is 12.2 Å². The largest absolute Gasteiger partial charge is 0.478 e. The number of hydrogen-bond acceptors (Lipinski definition) is 4. The zero-order chi connectivity index (χ0) is 13.5. The molecule has 1 aromatic carbocycles. The molecule has 18 heavy (non-hydrogen) atoms. The third-order valence-corrected chi connectivity index (χ3v) is 2.28. The second-order valence-corrected chi connectivity index (χ2v) is 3.78. The van der Waals surface area contributed by atoms with Crippen molar-refractivity contribution in [3.8, 4) is 0 Å². The van der Waals surface area contributed by atoms with Gasteiger partial charge in [-0.05, 0) is 30.7 Å². The SMILES string of the molecule is Cc1cc(C(=O)O)ccc1NCCOCC(N)=O. The number of aromatic carboxylic acids is 1. The van der Waals surface area contributed by atoms with Gasteiger partial charge in [0, 0.05) is 12.2 Å². The lowest BCUT2D eigenvalue weighted by molar-refractivity contribution is -0.122. The van der Waals surface area contributed by atoms with Gasteiger partial charge in [0.1, 0.15) is 6.61 Å². The van der Waals surface area contributed by atoms with Crippen molar-refractivity contribution >= 4 is 17.6 Å². The van der Waals surface area contributed by atoms with Gasteiger partial charge in [-0.1, -0.05) is 0 Å². The zero-order valence-electron chi connectivity index (χ0n) is 10.1. The first-order chi connectivity index (χ1) is 8.50. The molecule has 0 unspecified atom stereocenters. The Kier molecular flexibility index (Phi) is 5.13. The number of ether oxygens (including phenoxy) is 1. The van der Waals surface area contributed by atoms with Gasteiger partial charge in [-0.2, -0.15) is 0 Å². The summed E-state index contributed by atoms with van der Waals surface area (Å²) in [4.78, 5) is 21.2. The van der Waals surface area contributed by atoms with E-state index in [2.05, 4.69) is 5.32 Å². The van der Waals surface area contributed by atoms with Gasteiger partial charge in [-0.3, -0.25) is 4.79 Å². The third-order valence-electron chi connectivity index (χ3n) is 2.28. The molecule has 1 aromatic rings. The Morgan fingerprint density at radius 3 is 2.72 bits per heavy atom. The molecule has 0 aliphatic rings. The van der Waals surface area contributed by atoms with Crippen molar-refractivity contribution in [2.75, 3.05) is 25.1 Å². The smallest absolute Gasteiger partial charge is 0.335 e. The molecule has 98 valence electrons. The highest BCUT2D eigenvalue weighted by Gasteiger charge is 2.05. The number of amides is 1. The van der Waals surface area contributed by atoms with E-state index in [1.54, 1.807) is 12.1 Å². The summed E-state index contributed by atoms with van der Waals surface area (Å²) in [6, 6.07) is 4.82. The number of carbonyl (C=O) groups excluding carboxylic acids is 1. The number of carboxylic acid groups (broad SMARTS) is 1. The van der Waals surface area contributed by atoms with E-state index in [0.29, 0.717) is 13.2 Å². The molecule has 0 atom stereocenters. The van der Waals surface area contributed by atoms with Gasteiger partial charge in [-0.25, -0.2) is 4.79 Å². The van der Waals surface area contributed by atoms with Crippen molar-refractivity contribution in [3.63, 3.8) is 0 Å². The fourth-order valence-electron chi connectivity index (χ4n) is 1.43. The van der Waals surface area contributed by atoms with E-state index < -0.39 is 11.9 Å². The van der Waals surface area contributed by atoms with Crippen LogP contribution >= 0.6 is 0 Å². The van der Waals surface area contributed by atoms with Crippen LogP contribution in [0.1, 0.15) is 15.9 Å². The van der Waals surface area contributed by atoms with Crippen LogP contribution < -0.4 is 11.1 Å². The number of anilines is 1. The zero-order valence-corrected chi connectivity index (χ0v) is 10.1. The molecule has 0 saturated carbocycles. The fraction of sp³-hybridized carbons (Fsp3) is 0.333. The van der Waals surface area contributed by atoms with Gasteiger partial charge in [0.15, 0.2) is 0 Å². The Labute approximate surface area is 105 Å². The van der Waals surface area contributed by atoms with Crippen molar-refractivity contribution in [1.29, 1.82) is 0 Å². The molecule has 0 spiro atoms. The van der Waals surface area contributed by atoms with Crippen LogP contribution in [0.2, 0.25) is 0 Å². The highest BCUT2D eigenvalue weighted by atomic mass is 16.5. The van der Waals surface area contributed by atoms with Crippen molar-refractivity contribution in [2.45, 2.75) is 6.92 Å². The Morgan fingerprint density at radius 1 is 1.44 bits per heavy atom. The number of rotatable bonds is 7. The summed E-state index contributed by atoms with van der Waals surface area (Å²) in [5, 5.41) is 11.9. The second-order valence-electron chi connectivity index (χ2n) is 3.78. The van der Waals surface area contributed by atoms with Crippen LogP contribution in [-0.4, -0.2) is 36.7 Å². The molecule has 6 nitrogen and oxygen atoms in total. The Morgan fingerprint density at radius 2 is 2.17 bits per heavy atom. The summed E-state index contributed by atoms with van der Waals surface area (Å²) < 4.78 is 4.99. The highest BCUT2D eigenvalue weighted by Crippen LogP contribution is 2.16. The first-order valence-corrected chi connectivity index (χ1v) is 5.44. The summed E-state index contributed by atoms with van der Waals surface area (Å²) >= 11 is 0. The number of carbonyl (C=O) groups is 2. The van der Waals surface area contributed by atoms with Crippen molar-refractivity contribution in [1.82, 2.24) is 0 Å². The van der Waals surface area contributed by atoms with Gasteiger partial charge >= 0.3 is 5.97 Å². The lowest BCUT2D eigenvalue weighted by atomic mass is 10.1. The maximum atomic E-state index is 10.7. The Bertz CT molecular complexity index is 446. The van der Waals surface area contributed by atoms with E-state index in [-0.39, 0.29) is 12.2 Å². The molecule has 0 aliphatic heterocycles. The minimum atomic E-state index is -0.950. The molecule has 0 aromatic heterocycles. The average molecular weight is 252 g/mol. The standard InChI is InChI=1S/C12H16N2O4/c1-8-6-9(12(16)17)2-3-10(8)14-4-5-18-7-11(13)15/h2-3,6,14H,4-5,7H2,1H3,(H2,13,15)(H,16,17). The maximum Gasteiger partial charge on any atom is 0.335 e. The van der Waals surface area contributed by atoms with E-state index in [9.17, 15) is 9.59 Å². The van der Waals surface area contributed by atoms with E-state index in [4.69, 9.17) is 15.6 Å². The molecule has 0 saturated heterocycles. The normalized spacial score (nSPS) is 10.1. The number of hydrogen-bond donors (Lipinski definition) is 3. The summed E-state index contributed by atoms with van der Waals surface area (Å²) in [7, 11) is 0. The van der Waals surface area contributed by atoms with Crippen LogP contribution in [0.3, 0.4) is 0 Å². The molecule has 6 heteroatoms. The number of aryl methyl sites for hydroxylation is 1. The van der Waals surface area contributed by atoms with Crippen molar-refractivity contribution in [2.24, 2.45) is 5.73 Å². The van der Waals surface area contributed by atoms with Crippen LogP contribution in [0.15, 0.2) is 18.2 Å². The maximum absolute atomic E-state index is 10.7. The fourth-order valence-corrected chi connectivity index (χ4v) is 1.43. The predicted octanol–water partition coefficient (Wildman–Crippen LogP) is 0.607. The lowest BCUT2D eigenvalue weighted by Crippen LogP contribution is -2.20. The molecular weight excluding hydrogens is 236 g/mol. The first kappa shape index (κ1) is 14.0. The van der Waals surface area contributed by atoms with E-state index in [0.717, 1.165) is 11.3 Å². The highest BCUT2D eigenvalue weighted by molar-refractivity contribution is 5.88. The molecular formula is C12H16N2O4.